The van der Waals surface area contributed by atoms with Gasteiger partial charge in [-0.05, 0) is 36.6 Å². The normalized spacial score (nSPS) is 16.6. The first-order valence-corrected chi connectivity index (χ1v) is 8.49. The van der Waals surface area contributed by atoms with Gasteiger partial charge in [0.1, 0.15) is 5.54 Å². The Labute approximate surface area is 147 Å². The van der Waals surface area contributed by atoms with Crippen molar-refractivity contribution < 1.29 is 9.59 Å². The maximum Gasteiger partial charge on any atom is 0.248 e. The van der Waals surface area contributed by atoms with Crippen molar-refractivity contribution in [1.82, 2.24) is 4.90 Å². The number of carbonyl (C=O) groups excluding carboxylic acids is 2. The minimum Gasteiger partial charge on any atom is -0.338 e. The third-order valence-corrected chi connectivity index (χ3v) is 4.60. The van der Waals surface area contributed by atoms with Crippen LogP contribution in [0.25, 0.3) is 0 Å². The van der Waals surface area contributed by atoms with Gasteiger partial charge in [0.05, 0.1) is 0 Å². The molecule has 25 heavy (non-hydrogen) atoms. The molecule has 3 N–H and O–H groups in total. The molecule has 5 heteroatoms. The SMILES string of the molecule is CC(N)(C(=O)Nc1ccc(CN2CCCC2=O)cc1)c1ccccc1. The average Bonchev–Trinajstić information content (AvgIpc) is 3.02. The highest BCUT2D eigenvalue weighted by atomic mass is 16.2. The van der Waals surface area contributed by atoms with Gasteiger partial charge in [-0.1, -0.05) is 42.5 Å². The molecule has 2 aromatic carbocycles. The number of benzene rings is 2. The number of nitrogens with two attached hydrogens (primary N) is 1. The van der Waals surface area contributed by atoms with Crippen LogP contribution in [-0.4, -0.2) is 23.3 Å². The van der Waals surface area contributed by atoms with Crippen molar-refractivity contribution in [2.75, 3.05) is 11.9 Å². The molecular formula is C20H23N3O2. The van der Waals surface area contributed by atoms with E-state index in [1.54, 1.807) is 6.92 Å². The lowest BCUT2D eigenvalue weighted by Gasteiger charge is -2.24. The van der Waals surface area contributed by atoms with E-state index in [0.717, 1.165) is 24.1 Å². The van der Waals surface area contributed by atoms with Gasteiger partial charge < -0.3 is 16.0 Å². The zero-order chi connectivity index (χ0) is 17.9. The van der Waals surface area contributed by atoms with Crippen LogP contribution >= 0.6 is 0 Å². The first-order chi connectivity index (χ1) is 12.0. The van der Waals surface area contributed by atoms with Crippen LogP contribution in [0.4, 0.5) is 5.69 Å². The highest BCUT2D eigenvalue weighted by Gasteiger charge is 2.30. The lowest BCUT2D eigenvalue weighted by molar-refractivity contribution is -0.128. The van der Waals surface area contributed by atoms with Crippen LogP contribution in [-0.2, 0) is 21.7 Å². The summed E-state index contributed by atoms with van der Waals surface area (Å²) in [4.78, 5) is 26.1. The van der Waals surface area contributed by atoms with Gasteiger partial charge in [0.15, 0.2) is 0 Å². The molecule has 1 atom stereocenters. The Morgan fingerprint density at radius 2 is 1.84 bits per heavy atom. The van der Waals surface area contributed by atoms with E-state index < -0.39 is 5.54 Å². The quantitative estimate of drug-likeness (QED) is 0.880. The molecule has 1 heterocycles. The van der Waals surface area contributed by atoms with Gasteiger partial charge in [0, 0.05) is 25.2 Å². The number of hydrogen-bond acceptors (Lipinski definition) is 3. The Morgan fingerprint density at radius 1 is 1.16 bits per heavy atom. The number of nitrogens with one attached hydrogen (secondary N) is 1. The van der Waals surface area contributed by atoms with Crippen molar-refractivity contribution in [3.05, 3.63) is 65.7 Å². The summed E-state index contributed by atoms with van der Waals surface area (Å²) < 4.78 is 0. The Morgan fingerprint density at radius 3 is 2.44 bits per heavy atom. The van der Waals surface area contributed by atoms with Crippen LogP contribution < -0.4 is 11.1 Å². The Hall–Kier alpha value is -2.66. The highest BCUT2D eigenvalue weighted by Crippen LogP contribution is 2.21. The molecule has 5 nitrogen and oxygen atoms in total. The molecule has 3 rings (SSSR count). The molecular weight excluding hydrogens is 314 g/mol. The fourth-order valence-electron chi connectivity index (χ4n) is 2.96. The minimum absolute atomic E-state index is 0.208. The van der Waals surface area contributed by atoms with Gasteiger partial charge in [-0.3, -0.25) is 9.59 Å². The summed E-state index contributed by atoms with van der Waals surface area (Å²) in [5, 5.41) is 2.87. The summed E-state index contributed by atoms with van der Waals surface area (Å²) in [5.41, 5.74) is 7.62. The fourth-order valence-corrected chi connectivity index (χ4v) is 2.96. The Bertz CT molecular complexity index is 754. The van der Waals surface area contributed by atoms with E-state index >= 15 is 0 Å². The van der Waals surface area contributed by atoms with Crippen molar-refractivity contribution in [3.8, 4) is 0 Å². The van der Waals surface area contributed by atoms with E-state index in [9.17, 15) is 9.59 Å². The largest absolute Gasteiger partial charge is 0.338 e. The molecule has 0 saturated carbocycles. The molecule has 0 aliphatic carbocycles. The third kappa shape index (κ3) is 3.88. The molecule has 0 aromatic heterocycles. The second-order valence-electron chi connectivity index (χ2n) is 6.64. The number of hydrogen-bond donors (Lipinski definition) is 2. The molecule has 1 aliphatic heterocycles. The number of carbonyl (C=O) groups is 2. The molecule has 2 amide bonds. The first-order valence-electron chi connectivity index (χ1n) is 8.49. The maximum atomic E-state index is 12.6. The van der Waals surface area contributed by atoms with E-state index in [1.165, 1.54) is 0 Å². The van der Waals surface area contributed by atoms with E-state index in [2.05, 4.69) is 5.32 Å². The van der Waals surface area contributed by atoms with E-state index in [0.29, 0.717) is 18.7 Å². The smallest absolute Gasteiger partial charge is 0.248 e. The second-order valence-corrected chi connectivity index (χ2v) is 6.64. The van der Waals surface area contributed by atoms with E-state index in [1.807, 2.05) is 59.5 Å². The topological polar surface area (TPSA) is 75.4 Å². The molecule has 0 bridgehead atoms. The summed E-state index contributed by atoms with van der Waals surface area (Å²) in [6, 6.07) is 16.8. The number of amides is 2. The molecule has 1 saturated heterocycles. The highest BCUT2D eigenvalue weighted by molar-refractivity contribution is 5.98. The minimum atomic E-state index is -1.11. The number of nitrogens with zero attached hydrogens (tertiary/aromatic N) is 1. The van der Waals surface area contributed by atoms with Crippen molar-refractivity contribution in [1.29, 1.82) is 0 Å². The number of likely N-dealkylation sites (tertiary alicyclic amines) is 1. The predicted molar refractivity (Wildman–Crippen MR) is 97.7 cm³/mol. The molecule has 1 fully saturated rings. The van der Waals surface area contributed by atoms with Gasteiger partial charge in [-0.2, -0.15) is 0 Å². The molecule has 0 spiro atoms. The van der Waals surface area contributed by atoms with Crippen LogP contribution in [0, 0.1) is 0 Å². The summed E-state index contributed by atoms with van der Waals surface area (Å²) in [6.45, 7) is 3.14. The van der Waals surface area contributed by atoms with Crippen LogP contribution in [0.15, 0.2) is 54.6 Å². The summed E-state index contributed by atoms with van der Waals surface area (Å²) in [7, 11) is 0. The van der Waals surface area contributed by atoms with Crippen LogP contribution in [0.5, 0.6) is 0 Å². The van der Waals surface area contributed by atoms with Crippen LogP contribution in [0.2, 0.25) is 0 Å². The molecule has 1 unspecified atom stereocenters. The molecule has 1 aliphatic rings. The van der Waals surface area contributed by atoms with Crippen LogP contribution in [0.1, 0.15) is 30.9 Å². The molecule has 2 aromatic rings. The van der Waals surface area contributed by atoms with Gasteiger partial charge in [0.25, 0.3) is 0 Å². The molecule has 0 radical (unpaired) electrons. The third-order valence-electron chi connectivity index (χ3n) is 4.60. The van der Waals surface area contributed by atoms with Gasteiger partial charge in [-0.15, -0.1) is 0 Å². The zero-order valence-electron chi connectivity index (χ0n) is 14.4. The first kappa shape index (κ1) is 17.2. The van der Waals surface area contributed by atoms with Crippen molar-refractivity contribution in [2.45, 2.75) is 31.8 Å². The van der Waals surface area contributed by atoms with Crippen LogP contribution in [0.3, 0.4) is 0 Å². The van der Waals surface area contributed by atoms with E-state index in [-0.39, 0.29) is 11.8 Å². The number of rotatable bonds is 5. The fraction of sp³-hybridized carbons (Fsp3) is 0.300. The Kier molecular flexibility index (Phi) is 4.86. The van der Waals surface area contributed by atoms with Gasteiger partial charge >= 0.3 is 0 Å². The van der Waals surface area contributed by atoms with Crippen molar-refractivity contribution >= 4 is 17.5 Å². The van der Waals surface area contributed by atoms with Gasteiger partial charge in [-0.25, -0.2) is 0 Å². The lowest BCUT2D eigenvalue weighted by Crippen LogP contribution is -2.45. The molecule has 130 valence electrons. The van der Waals surface area contributed by atoms with Gasteiger partial charge in [0.2, 0.25) is 11.8 Å². The monoisotopic (exact) mass is 337 g/mol. The predicted octanol–water partition coefficient (Wildman–Crippen LogP) is 2.62. The Balaban J connectivity index is 1.65. The van der Waals surface area contributed by atoms with E-state index in [4.69, 9.17) is 5.73 Å². The lowest BCUT2D eigenvalue weighted by atomic mass is 9.92. The summed E-state index contributed by atoms with van der Waals surface area (Å²) >= 11 is 0. The second kappa shape index (κ2) is 7.07. The zero-order valence-corrected chi connectivity index (χ0v) is 14.4. The number of anilines is 1. The van der Waals surface area contributed by atoms with Crippen molar-refractivity contribution in [2.24, 2.45) is 5.73 Å². The van der Waals surface area contributed by atoms with Crippen molar-refractivity contribution in [3.63, 3.8) is 0 Å². The standard InChI is InChI=1S/C20H23N3O2/c1-20(21,16-6-3-2-4-7-16)19(25)22-17-11-9-15(10-12-17)14-23-13-5-8-18(23)24/h2-4,6-7,9-12H,5,8,13-14,21H2,1H3,(H,22,25). The average molecular weight is 337 g/mol. The maximum absolute atomic E-state index is 12.6. The summed E-state index contributed by atoms with van der Waals surface area (Å²) in [6.07, 6.45) is 1.57. The summed E-state index contributed by atoms with van der Waals surface area (Å²) in [5.74, 6) is -0.0553.